The first-order valence-corrected chi connectivity index (χ1v) is 9.00. The summed E-state index contributed by atoms with van der Waals surface area (Å²) in [4.78, 5) is 2.78. The summed E-state index contributed by atoms with van der Waals surface area (Å²) in [5, 5.41) is 0. The van der Waals surface area contributed by atoms with Crippen LogP contribution in [0.3, 0.4) is 0 Å². The van der Waals surface area contributed by atoms with E-state index in [0.29, 0.717) is 11.5 Å². The van der Waals surface area contributed by atoms with Crippen molar-refractivity contribution >= 4 is 0 Å². The Morgan fingerprint density at radius 1 is 1.13 bits per heavy atom. The van der Waals surface area contributed by atoms with Crippen LogP contribution in [0.1, 0.15) is 72.1 Å². The van der Waals surface area contributed by atoms with Crippen molar-refractivity contribution < 1.29 is 4.57 Å². The maximum Gasteiger partial charge on any atom is 0.258 e. The van der Waals surface area contributed by atoms with E-state index < -0.39 is 0 Å². The second-order valence-electron chi connectivity index (χ2n) is 9.94. The topological polar surface area (TPSA) is 12.1 Å². The molecule has 2 rings (SSSR count). The van der Waals surface area contributed by atoms with E-state index in [9.17, 15) is 0 Å². The molecule has 0 amide bonds. The zero-order valence-corrected chi connectivity index (χ0v) is 17.3. The second-order valence-corrected chi connectivity index (χ2v) is 9.94. The fourth-order valence-electron chi connectivity index (χ4n) is 5.38. The summed E-state index contributed by atoms with van der Waals surface area (Å²) in [7, 11) is 4.43. The van der Waals surface area contributed by atoms with Gasteiger partial charge in [0.15, 0.2) is 0 Å². The van der Waals surface area contributed by atoms with Crippen LogP contribution in [0.4, 0.5) is 0 Å². The average molecular weight is 321 g/mol. The molecule has 0 spiro atoms. The molecule has 3 nitrogen and oxygen atoms in total. The number of likely N-dealkylation sites (tertiary alicyclic amines) is 1. The van der Waals surface area contributed by atoms with Crippen molar-refractivity contribution in [1.29, 1.82) is 0 Å². The van der Waals surface area contributed by atoms with Crippen LogP contribution in [0.15, 0.2) is 0 Å². The molecule has 0 saturated carbocycles. The van der Waals surface area contributed by atoms with Gasteiger partial charge in [0.25, 0.3) is 5.82 Å². The fourth-order valence-corrected chi connectivity index (χ4v) is 5.38. The van der Waals surface area contributed by atoms with Gasteiger partial charge >= 0.3 is 0 Å². The van der Waals surface area contributed by atoms with Crippen LogP contribution < -0.4 is 4.57 Å². The normalized spacial score (nSPS) is 24.4. The van der Waals surface area contributed by atoms with Crippen molar-refractivity contribution in [2.24, 2.45) is 19.5 Å². The average Bonchev–Trinajstić information content (AvgIpc) is 2.65. The Balaban J connectivity index is 2.50. The summed E-state index contributed by atoms with van der Waals surface area (Å²) in [6.45, 7) is 21.3. The molecule has 3 heteroatoms. The van der Waals surface area contributed by atoms with Gasteiger partial charge < -0.3 is 0 Å². The zero-order chi connectivity index (χ0) is 18.0. The number of aromatic nitrogens is 2. The van der Waals surface area contributed by atoms with Gasteiger partial charge in [-0.25, -0.2) is 9.13 Å². The molecule has 1 saturated heterocycles. The molecule has 0 aliphatic carbocycles. The Morgan fingerprint density at radius 2 is 1.65 bits per heavy atom. The number of imidazole rings is 1. The minimum atomic E-state index is 0.176. The Hall–Kier alpha value is -0.830. The lowest BCUT2D eigenvalue weighted by Gasteiger charge is -2.46. The van der Waals surface area contributed by atoms with Gasteiger partial charge in [-0.2, -0.15) is 0 Å². The summed E-state index contributed by atoms with van der Waals surface area (Å²) in [5.74, 6) is 1.44. The highest BCUT2D eigenvalue weighted by Gasteiger charge is 2.54. The molecule has 1 aromatic rings. The van der Waals surface area contributed by atoms with Gasteiger partial charge in [-0.05, 0) is 46.5 Å². The number of hydrogen-bond acceptors (Lipinski definition) is 1. The molecule has 0 radical (unpaired) electrons. The molecule has 23 heavy (non-hydrogen) atoms. The van der Waals surface area contributed by atoms with Gasteiger partial charge in [0.2, 0.25) is 0 Å². The van der Waals surface area contributed by atoms with Crippen LogP contribution >= 0.6 is 0 Å². The summed E-state index contributed by atoms with van der Waals surface area (Å²) in [6, 6.07) is 0.552. The number of rotatable bonds is 2. The van der Waals surface area contributed by atoms with Gasteiger partial charge in [0.05, 0.1) is 20.5 Å². The Morgan fingerprint density at radius 3 is 2.04 bits per heavy atom. The fraction of sp³-hybridized carbons (Fsp3) is 0.850. The first kappa shape index (κ1) is 18.5. The highest BCUT2D eigenvalue weighted by Crippen LogP contribution is 2.50. The third-order valence-electron chi connectivity index (χ3n) is 6.16. The van der Waals surface area contributed by atoms with Crippen molar-refractivity contribution in [1.82, 2.24) is 9.47 Å². The SMILES string of the molecule is Cc1c(C)[n+](C)c(C[C@@H]2N(C(C)(C)C)C(C)(C)CC2(C)C)n1C. The summed E-state index contributed by atoms with van der Waals surface area (Å²) < 4.78 is 4.77. The van der Waals surface area contributed by atoms with E-state index in [1.165, 1.54) is 23.6 Å². The molecule has 1 aliphatic rings. The molecule has 0 unspecified atom stereocenters. The van der Waals surface area contributed by atoms with E-state index in [4.69, 9.17) is 0 Å². The van der Waals surface area contributed by atoms with Crippen molar-refractivity contribution in [2.45, 2.75) is 92.3 Å². The van der Waals surface area contributed by atoms with Crippen molar-refractivity contribution in [2.75, 3.05) is 0 Å². The van der Waals surface area contributed by atoms with Crippen LogP contribution in [0.2, 0.25) is 0 Å². The molecule has 132 valence electrons. The maximum atomic E-state index is 2.78. The summed E-state index contributed by atoms with van der Waals surface area (Å²) in [6.07, 6.45) is 2.35. The summed E-state index contributed by atoms with van der Waals surface area (Å²) >= 11 is 0. The van der Waals surface area contributed by atoms with E-state index in [2.05, 4.69) is 90.4 Å². The van der Waals surface area contributed by atoms with E-state index >= 15 is 0 Å². The lowest BCUT2D eigenvalue weighted by Crippen LogP contribution is -2.56. The Labute approximate surface area is 143 Å². The molecular formula is C20H38N3+. The second kappa shape index (κ2) is 5.34. The van der Waals surface area contributed by atoms with E-state index in [1.54, 1.807) is 0 Å². The molecule has 0 bridgehead atoms. The Bertz CT molecular complexity index is 574. The van der Waals surface area contributed by atoms with Crippen LogP contribution in [0.25, 0.3) is 0 Å². The van der Waals surface area contributed by atoms with Crippen LogP contribution in [0, 0.1) is 19.3 Å². The molecule has 0 aromatic carbocycles. The largest absolute Gasteiger partial charge is 0.289 e. The predicted octanol–water partition coefficient (Wildman–Crippen LogP) is 3.69. The van der Waals surface area contributed by atoms with Gasteiger partial charge in [-0.1, -0.05) is 13.8 Å². The number of hydrogen-bond donors (Lipinski definition) is 0. The van der Waals surface area contributed by atoms with Gasteiger partial charge in [0.1, 0.15) is 11.4 Å². The van der Waals surface area contributed by atoms with Gasteiger partial charge in [-0.15, -0.1) is 0 Å². The standard InChI is InChI=1S/C20H38N3/c1-14-15(2)22(11)17(21(14)10)12-16-19(6,7)13-20(8,9)23(16)18(3,4)5/h16H,12-13H2,1-11H3/q+1/t16-/m0/s1. The van der Waals surface area contributed by atoms with Crippen molar-refractivity contribution in [3.05, 3.63) is 17.2 Å². The highest BCUT2D eigenvalue weighted by molar-refractivity contribution is 5.13. The first-order chi connectivity index (χ1) is 10.2. The monoisotopic (exact) mass is 320 g/mol. The number of nitrogens with zero attached hydrogens (tertiary/aromatic N) is 3. The molecule has 2 heterocycles. The van der Waals surface area contributed by atoms with Gasteiger partial charge in [-0.3, -0.25) is 4.90 Å². The molecule has 1 fully saturated rings. The minimum Gasteiger partial charge on any atom is -0.289 e. The smallest absolute Gasteiger partial charge is 0.258 e. The molecule has 1 atom stereocenters. The van der Waals surface area contributed by atoms with E-state index in [-0.39, 0.29) is 11.1 Å². The van der Waals surface area contributed by atoms with Crippen LogP contribution in [0.5, 0.6) is 0 Å². The van der Waals surface area contributed by atoms with Crippen LogP contribution in [-0.4, -0.2) is 26.6 Å². The molecule has 1 aromatic heterocycles. The quantitative estimate of drug-likeness (QED) is 0.757. The predicted molar refractivity (Wildman–Crippen MR) is 97.6 cm³/mol. The maximum absolute atomic E-state index is 2.78. The molecular weight excluding hydrogens is 282 g/mol. The third kappa shape index (κ3) is 2.97. The van der Waals surface area contributed by atoms with E-state index in [1.807, 2.05) is 0 Å². The van der Waals surface area contributed by atoms with Gasteiger partial charge in [0, 0.05) is 31.0 Å². The summed E-state index contributed by atoms with van der Waals surface area (Å²) in [5.41, 5.74) is 3.48. The lowest BCUT2D eigenvalue weighted by atomic mass is 9.80. The van der Waals surface area contributed by atoms with Crippen molar-refractivity contribution in [3.63, 3.8) is 0 Å². The van der Waals surface area contributed by atoms with E-state index in [0.717, 1.165) is 6.42 Å². The molecule has 0 N–H and O–H groups in total. The Kier molecular flexibility index (Phi) is 4.29. The first-order valence-electron chi connectivity index (χ1n) is 9.00. The highest BCUT2D eigenvalue weighted by atomic mass is 15.3. The lowest BCUT2D eigenvalue weighted by molar-refractivity contribution is -0.685. The van der Waals surface area contributed by atoms with Crippen LogP contribution in [-0.2, 0) is 20.5 Å². The molecule has 1 aliphatic heterocycles. The van der Waals surface area contributed by atoms with Crippen molar-refractivity contribution in [3.8, 4) is 0 Å². The zero-order valence-electron chi connectivity index (χ0n) is 17.3. The minimum absolute atomic E-state index is 0.176. The third-order valence-corrected chi connectivity index (χ3v) is 6.16.